The Morgan fingerprint density at radius 3 is 2.14 bits per heavy atom. The summed E-state index contributed by atoms with van der Waals surface area (Å²) in [5, 5.41) is -0.583. The standard InChI is InChI=1S/C13H19NO5S2/c1-3-19-11-5-7-12(8-6-11)21(17,18)14-9-13(10-14)20(15,16)4-2/h5-8,13H,3-4,9-10H2,1-2H3. The van der Waals surface area contributed by atoms with Crippen LogP contribution in [0.2, 0.25) is 0 Å². The van der Waals surface area contributed by atoms with Gasteiger partial charge in [0.15, 0.2) is 9.84 Å². The van der Waals surface area contributed by atoms with Gasteiger partial charge in [-0.2, -0.15) is 4.31 Å². The van der Waals surface area contributed by atoms with E-state index < -0.39 is 25.1 Å². The predicted molar refractivity (Wildman–Crippen MR) is 79.6 cm³/mol. The number of hydrogen-bond donors (Lipinski definition) is 0. The maximum absolute atomic E-state index is 12.3. The van der Waals surface area contributed by atoms with Crippen molar-refractivity contribution in [3.8, 4) is 5.75 Å². The molecule has 2 rings (SSSR count). The Labute approximate surface area is 125 Å². The Morgan fingerprint density at radius 1 is 1.10 bits per heavy atom. The summed E-state index contributed by atoms with van der Waals surface area (Å²) in [6, 6.07) is 6.14. The number of nitrogens with zero attached hydrogens (tertiary/aromatic N) is 1. The molecule has 0 aliphatic carbocycles. The molecule has 0 radical (unpaired) electrons. The Balaban J connectivity index is 2.10. The summed E-state index contributed by atoms with van der Waals surface area (Å²) in [6.45, 7) is 3.99. The van der Waals surface area contributed by atoms with E-state index in [-0.39, 0.29) is 23.7 Å². The average Bonchev–Trinajstić information content (AvgIpc) is 2.37. The summed E-state index contributed by atoms with van der Waals surface area (Å²) < 4.78 is 54.5. The van der Waals surface area contributed by atoms with Gasteiger partial charge in [-0.15, -0.1) is 0 Å². The molecule has 0 unspecified atom stereocenters. The summed E-state index contributed by atoms with van der Waals surface area (Å²) in [7, 11) is -6.80. The lowest BCUT2D eigenvalue weighted by molar-refractivity contribution is 0.309. The lowest BCUT2D eigenvalue weighted by atomic mass is 10.3. The molecule has 6 nitrogen and oxygen atoms in total. The van der Waals surface area contributed by atoms with Crippen LogP contribution in [-0.4, -0.2) is 51.8 Å². The predicted octanol–water partition coefficient (Wildman–Crippen LogP) is 0.893. The highest BCUT2D eigenvalue weighted by atomic mass is 32.2. The first kappa shape index (κ1) is 16.3. The SMILES string of the molecule is CCOc1ccc(S(=O)(=O)N2CC(S(=O)(=O)CC)C2)cc1. The van der Waals surface area contributed by atoms with Gasteiger partial charge in [0.1, 0.15) is 5.75 Å². The quantitative estimate of drug-likeness (QED) is 0.772. The van der Waals surface area contributed by atoms with Crippen molar-refractivity contribution in [2.75, 3.05) is 25.4 Å². The highest BCUT2D eigenvalue weighted by Gasteiger charge is 2.42. The van der Waals surface area contributed by atoms with Crippen LogP contribution in [0.4, 0.5) is 0 Å². The molecule has 0 bridgehead atoms. The first-order chi connectivity index (χ1) is 9.81. The van der Waals surface area contributed by atoms with E-state index in [9.17, 15) is 16.8 Å². The molecule has 1 aromatic rings. The van der Waals surface area contributed by atoms with E-state index >= 15 is 0 Å². The number of sulfonamides is 1. The number of ether oxygens (including phenoxy) is 1. The van der Waals surface area contributed by atoms with Crippen LogP contribution in [0.5, 0.6) is 5.75 Å². The van der Waals surface area contributed by atoms with E-state index in [0.29, 0.717) is 12.4 Å². The molecule has 0 spiro atoms. The first-order valence-corrected chi connectivity index (χ1v) is 9.91. The highest BCUT2D eigenvalue weighted by molar-refractivity contribution is 7.92. The van der Waals surface area contributed by atoms with E-state index in [1.165, 1.54) is 16.4 Å². The first-order valence-electron chi connectivity index (χ1n) is 6.76. The molecule has 21 heavy (non-hydrogen) atoms. The van der Waals surface area contributed by atoms with Crippen molar-refractivity contribution in [1.82, 2.24) is 4.31 Å². The van der Waals surface area contributed by atoms with Crippen LogP contribution in [0, 0.1) is 0 Å². The van der Waals surface area contributed by atoms with Gasteiger partial charge in [0.2, 0.25) is 10.0 Å². The second-order valence-corrected chi connectivity index (χ2v) is 9.31. The Bertz CT molecular complexity index is 689. The molecule has 1 heterocycles. The Hall–Kier alpha value is -1.12. The third-order valence-electron chi connectivity index (χ3n) is 3.50. The van der Waals surface area contributed by atoms with Gasteiger partial charge in [0.25, 0.3) is 0 Å². The molecule has 0 amide bonds. The summed E-state index contributed by atoms with van der Waals surface area (Å²) in [4.78, 5) is 0.151. The fraction of sp³-hybridized carbons (Fsp3) is 0.538. The number of benzene rings is 1. The second kappa shape index (κ2) is 5.94. The summed E-state index contributed by atoms with van der Waals surface area (Å²) in [5.41, 5.74) is 0. The lowest BCUT2D eigenvalue weighted by Crippen LogP contribution is -2.57. The van der Waals surface area contributed by atoms with Crippen LogP contribution in [-0.2, 0) is 19.9 Å². The van der Waals surface area contributed by atoms with Crippen molar-refractivity contribution in [3.63, 3.8) is 0 Å². The van der Waals surface area contributed by atoms with Crippen LogP contribution < -0.4 is 4.74 Å². The Kier molecular flexibility index (Phi) is 4.60. The normalized spacial score (nSPS) is 17.4. The number of rotatable bonds is 6. The molecule has 0 saturated carbocycles. The summed E-state index contributed by atoms with van der Waals surface area (Å²) in [5.74, 6) is 0.640. The fourth-order valence-corrected chi connectivity index (χ4v) is 5.09. The van der Waals surface area contributed by atoms with E-state index in [0.717, 1.165) is 0 Å². The van der Waals surface area contributed by atoms with Gasteiger partial charge in [-0.3, -0.25) is 0 Å². The van der Waals surface area contributed by atoms with E-state index in [1.807, 2.05) is 6.92 Å². The summed E-state index contributed by atoms with van der Waals surface area (Å²) >= 11 is 0. The van der Waals surface area contributed by atoms with Gasteiger partial charge in [0, 0.05) is 18.8 Å². The minimum atomic E-state index is -3.62. The van der Waals surface area contributed by atoms with Crippen molar-refractivity contribution in [2.24, 2.45) is 0 Å². The van der Waals surface area contributed by atoms with E-state index in [4.69, 9.17) is 4.74 Å². The smallest absolute Gasteiger partial charge is 0.243 e. The van der Waals surface area contributed by atoms with Crippen LogP contribution in [0.3, 0.4) is 0 Å². The second-order valence-electron chi connectivity index (χ2n) is 4.80. The van der Waals surface area contributed by atoms with Gasteiger partial charge in [0.05, 0.1) is 16.8 Å². The number of hydrogen-bond acceptors (Lipinski definition) is 5. The van der Waals surface area contributed by atoms with Gasteiger partial charge < -0.3 is 4.74 Å². The van der Waals surface area contributed by atoms with Crippen LogP contribution in [0.25, 0.3) is 0 Å². The van der Waals surface area contributed by atoms with Crippen molar-refractivity contribution >= 4 is 19.9 Å². The molecule has 1 aromatic carbocycles. The summed E-state index contributed by atoms with van der Waals surface area (Å²) in [6.07, 6.45) is 0. The zero-order chi connectivity index (χ0) is 15.7. The third kappa shape index (κ3) is 3.22. The zero-order valence-electron chi connectivity index (χ0n) is 12.0. The van der Waals surface area contributed by atoms with Gasteiger partial charge in [-0.25, -0.2) is 16.8 Å². The molecule has 8 heteroatoms. The minimum Gasteiger partial charge on any atom is -0.494 e. The van der Waals surface area contributed by atoms with E-state index in [2.05, 4.69) is 0 Å². The molecule has 0 aromatic heterocycles. The molecule has 1 aliphatic rings. The molecule has 1 saturated heterocycles. The molecule has 118 valence electrons. The molecular formula is C13H19NO5S2. The molecule has 1 fully saturated rings. The van der Waals surface area contributed by atoms with Crippen molar-refractivity contribution < 1.29 is 21.6 Å². The zero-order valence-corrected chi connectivity index (χ0v) is 13.7. The minimum absolute atomic E-state index is 0.0335. The van der Waals surface area contributed by atoms with Gasteiger partial charge in [-0.1, -0.05) is 6.92 Å². The topological polar surface area (TPSA) is 80.8 Å². The van der Waals surface area contributed by atoms with Crippen molar-refractivity contribution in [3.05, 3.63) is 24.3 Å². The fourth-order valence-electron chi connectivity index (χ4n) is 2.08. The molecule has 0 atom stereocenters. The van der Waals surface area contributed by atoms with Crippen LogP contribution in [0.15, 0.2) is 29.2 Å². The largest absolute Gasteiger partial charge is 0.494 e. The Morgan fingerprint density at radius 2 is 1.67 bits per heavy atom. The number of sulfone groups is 1. The van der Waals surface area contributed by atoms with Crippen molar-refractivity contribution in [1.29, 1.82) is 0 Å². The molecular weight excluding hydrogens is 314 g/mol. The molecule has 1 aliphatic heterocycles. The van der Waals surface area contributed by atoms with Crippen molar-refractivity contribution in [2.45, 2.75) is 24.0 Å². The molecule has 0 N–H and O–H groups in total. The maximum atomic E-state index is 12.3. The third-order valence-corrected chi connectivity index (χ3v) is 7.46. The lowest BCUT2D eigenvalue weighted by Gasteiger charge is -2.37. The van der Waals surface area contributed by atoms with Gasteiger partial charge >= 0.3 is 0 Å². The monoisotopic (exact) mass is 333 g/mol. The van der Waals surface area contributed by atoms with Crippen LogP contribution in [0.1, 0.15) is 13.8 Å². The van der Waals surface area contributed by atoms with E-state index in [1.54, 1.807) is 19.1 Å². The average molecular weight is 333 g/mol. The maximum Gasteiger partial charge on any atom is 0.243 e. The van der Waals surface area contributed by atoms with Gasteiger partial charge in [-0.05, 0) is 31.2 Å². The van der Waals surface area contributed by atoms with Crippen LogP contribution >= 0.6 is 0 Å². The highest BCUT2D eigenvalue weighted by Crippen LogP contribution is 2.26.